The van der Waals surface area contributed by atoms with E-state index in [-0.39, 0.29) is 6.67 Å². The molecular formula is C17H20ClF5. The van der Waals surface area contributed by atoms with Crippen molar-refractivity contribution in [2.45, 2.75) is 50.3 Å². The van der Waals surface area contributed by atoms with Crippen LogP contribution in [0.3, 0.4) is 0 Å². The van der Waals surface area contributed by atoms with Gasteiger partial charge < -0.3 is 0 Å². The molecule has 1 aromatic carbocycles. The van der Waals surface area contributed by atoms with Crippen LogP contribution in [0.2, 0.25) is 0 Å². The predicted molar refractivity (Wildman–Crippen MR) is 80.5 cm³/mol. The minimum atomic E-state index is -4.05. The van der Waals surface area contributed by atoms with Crippen molar-refractivity contribution in [3.63, 3.8) is 0 Å². The fraction of sp³-hybridized carbons (Fsp3) is 0.647. The molecule has 0 saturated heterocycles. The molecule has 23 heavy (non-hydrogen) atoms. The third kappa shape index (κ3) is 5.07. The normalized spacial score (nSPS) is 22.3. The van der Waals surface area contributed by atoms with Gasteiger partial charge in [-0.25, -0.2) is 8.78 Å². The van der Waals surface area contributed by atoms with Crippen molar-refractivity contribution in [1.29, 1.82) is 0 Å². The highest BCUT2D eigenvalue weighted by Crippen LogP contribution is 2.37. The quantitative estimate of drug-likeness (QED) is 0.412. The van der Waals surface area contributed by atoms with Crippen molar-refractivity contribution in [2.24, 2.45) is 11.8 Å². The summed E-state index contributed by atoms with van der Waals surface area (Å²) in [5.74, 6) is -1.75. The Kier molecular flexibility index (Phi) is 6.29. The van der Waals surface area contributed by atoms with E-state index in [1.807, 2.05) is 0 Å². The zero-order valence-corrected chi connectivity index (χ0v) is 13.5. The zero-order chi connectivity index (χ0) is 17.0. The predicted octanol–water partition coefficient (Wildman–Crippen LogP) is 6.35. The minimum Gasteiger partial charge on any atom is -0.251 e. The summed E-state index contributed by atoms with van der Waals surface area (Å²) in [4.78, 5) is 0. The molecule has 1 aromatic rings. The number of aryl methyl sites for hydroxylation is 1. The standard InChI is InChI=1S/C17H20ClF5/c18-17(22,23)16-14(20)9-13(10-15(16)21)6-5-11-1-3-12(4-2-11)7-8-19/h9-12H,1-8H2. The summed E-state index contributed by atoms with van der Waals surface area (Å²) in [6, 6.07) is 1.87. The van der Waals surface area contributed by atoms with E-state index < -0.39 is 22.6 Å². The molecule has 130 valence electrons. The van der Waals surface area contributed by atoms with Gasteiger partial charge >= 0.3 is 5.38 Å². The number of halogens is 6. The molecular weight excluding hydrogens is 335 g/mol. The summed E-state index contributed by atoms with van der Waals surface area (Å²) >= 11 is 4.72. The van der Waals surface area contributed by atoms with Gasteiger partial charge in [-0.2, -0.15) is 8.78 Å². The molecule has 0 spiro atoms. The Morgan fingerprint density at radius 1 is 0.957 bits per heavy atom. The molecule has 0 amide bonds. The lowest BCUT2D eigenvalue weighted by atomic mass is 9.78. The van der Waals surface area contributed by atoms with Crippen LogP contribution in [-0.2, 0) is 11.8 Å². The van der Waals surface area contributed by atoms with Crippen molar-refractivity contribution in [3.8, 4) is 0 Å². The van der Waals surface area contributed by atoms with Gasteiger partial charge in [-0.15, -0.1) is 0 Å². The second-order valence-electron chi connectivity index (χ2n) is 6.34. The van der Waals surface area contributed by atoms with E-state index in [1.165, 1.54) is 0 Å². The van der Waals surface area contributed by atoms with Gasteiger partial charge in [0.15, 0.2) is 0 Å². The lowest BCUT2D eigenvalue weighted by Crippen LogP contribution is -2.16. The van der Waals surface area contributed by atoms with Crippen molar-refractivity contribution >= 4 is 11.6 Å². The SMILES string of the molecule is FCCC1CCC(CCc2cc(F)c(C(F)(F)Cl)c(F)c2)CC1. The number of hydrogen-bond donors (Lipinski definition) is 0. The molecule has 2 rings (SSSR count). The molecule has 6 heteroatoms. The maximum Gasteiger partial charge on any atom is 0.353 e. The third-order valence-electron chi connectivity index (χ3n) is 4.71. The van der Waals surface area contributed by atoms with Crippen LogP contribution in [0.1, 0.15) is 49.7 Å². The van der Waals surface area contributed by atoms with Gasteiger partial charge in [0, 0.05) is 0 Å². The number of benzene rings is 1. The Morgan fingerprint density at radius 3 is 1.87 bits per heavy atom. The van der Waals surface area contributed by atoms with Crippen LogP contribution in [0.5, 0.6) is 0 Å². The zero-order valence-electron chi connectivity index (χ0n) is 12.7. The molecule has 0 N–H and O–H groups in total. The summed E-state index contributed by atoms with van der Waals surface area (Å²) in [5.41, 5.74) is -1.04. The van der Waals surface area contributed by atoms with Crippen molar-refractivity contribution < 1.29 is 22.0 Å². The first-order valence-corrected chi connectivity index (χ1v) is 8.30. The Hall–Kier alpha value is -0.840. The minimum absolute atomic E-state index is 0.286. The lowest BCUT2D eigenvalue weighted by molar-refractivity contribution is 0.0858. The number of rotatable bonds is 6. The number of alkyl halides is 4. The van der Waals surface area contributed by atoms with Gasteiger partial charge in [0.1, 0.15) is 17.2 Å². The molecule has 1 aliphatic carbocycles. The maximum atomic E-state index is 13.7. The monoisotopic (exact) mass is 354 g/mol. The van der Waals surface area contributed by atoms with E-state index in [0.29, 0.717) is 30.2 Å². The van der Waals surface area contributed by atoms with E-state index in [0.717, 1.165) is 44.2 Å². The third-order valence-corrected chi connectivity index (χ3v) is 4.90. The van der Waals surface area contributed by atoms with E-state index in [2.05, 4.69) is 0 Å². The molecule has 0 radical (unpaired) electrons. The van der Waals surface area contributed by atoms with Crippen LogP contribution in [0.4, 0.5) is 22.0 Å². The largest absolute Gasteiger partial charge is 0.353 e. The molecule has 0 heterocycles. The van der Waals surface area contributed by atoms with E-state index in [4.69, 9.17) is 11.6 Å². The number of hydrogen-bond acceptors (Lipinski definition) is 0. The van der Waals surface area contributed by atoms with E-state index >= 15 is 0 Å². The van der Waals surface area contributed by atoms with Gasteiger partial charge in [-0.3, -0.25) is 4.39 Å². The van der Waals surface area contributed by atoms with Gasteiger partial charge in [-0.1, -0.05) is 25.7 Å². The molecule has 0 bridgehead atoms. The van der Waals surface area contributed by atoms with Gasteiger partial charge in [0.25, 0.3) is 0 Å². The smallest absolute Gasteiger partial charge is 0.251 e. The molecule has 0 unspecified atom stereocenters. The Morgan fingerprint density at radius 2 is 1.43 bits per heavy atom. The van der Waals surface area contributed by atoms with Gasteiger partial charge in [-0.05, 0) is 60.4 Å². The lowest BCUT2D eigenvalue weighted by Gasteiger charge is -2.28. The van der Waals surface area contributed by atoms with Crippen molar-refractivity contribution in [3.05, 3.63) is 34.9 Å². The molecule has 0 nitrogen and oxygen atoms in total. The van der Waals surface area contributed by atoms with Crippen LogP contribution in [-0.4, -0.2) is 6.67 Å². The first kappa shape index (κ1) is 18.5. The van der Waals surface area contributed by atoms with Crippen LogP contribution >= 0.6 is 11.6 Å². The second-order valence-corrected chi connectivity index (χ2v) is 6.81. The summed E-state index contributed by atoms with van der Waals surface area (Å²) in [7, 11) is 0. The van der Waals surface area contributed by atoms with Crippen LogP contribution < -0.4 is 0 Å². The topological polar surface area (TPSA) is 0 Å². The molecule has 0 atom stereocenters. The van der Waals surface area contributed by atoms with Crippen molar-refractivity contribution in [2.75, 3.05) is 6.67 Å². The van der Waals surface area contributed by atoms with Gasteiger partial charge in [0.05, 0.1) is 6.67 Å². The fourth-order valence-corrected chi connectivity index (χ4v) is 3.56. The average molecular weight is 355 g/mol. The Balaban J connectivity index is 1.92. The van der Waals surface area contributed by atoms with Crippen LogP contribution in [0.25, 0.3) is 0 Å². The summed E-state index contributed by atoms with van der Waals surface area (Å²) < 4.78 is 65.5. The first-order chi connectivity index (χ1) is 10.8. The van der Waals surface area contributed by atoms with E-state index in [9.17, 15) is 22.0 Å². The summed E-state index contributed by atoms with van der Waals surface area (Å²) in [5, 5.41) is -4.05. The molecule has 1 saturated carbocycles. The molecule has 0 aromatic heterocycles. The highest BCUT2D eigenvalue weighted by atomic mass is 35.5. The fourth-order valence-electron chi connectivity index (χ4n) is 3.37. The highest BCUT2D eigenvalue weighted by molar-refractivity contribution is 6.21. The first-order valence-electron chi connectivity index (χ1n) is 7.92. The Bertz CT molecular complexity index is 495. The van der Waals surface area contributed by atoms with Gasteiger partial charge in [0.2, 0.25) is 0 Å². The van der Waals surface area contributed by atoms with Crippen LogP contribution in [0, 0.1) is 23.5 Å². The van der Waals surface area contributed by atoms with Crippen LogP contribution in [0.15, 0.2) is 12.1 Å². The summed E-state index contributed by atoms with van der Waals surface area (Å²) in [6.45, 7) is -0.286. The maximum absolute atomic E-state index is 13.7. The molecule has 0 aliphatic heterocycles. The summed E-state index contributed by atoms with van der Waals surface area (Å²) in [6.07, 6.45) is 5.71. The molecule has 1 aliphatic rings. The average Bonchev–Trinajstić information content (AvgIpc) is 2.44. The Labute approximate surface area is 138 Å². The van der Waals surface area contributed by atoms with Crippen molar-refractivity contribution in [1.82, 2.24) is 0 Å². The second kappa shape index (κ2) is 7.82. The molecule has 1 fully saturated rings. The highest BCUT2D eigenvalue weighted by Gasteiger charge is 2.35. The van der Waals surface area contributed by atoms with E-state index in [1.54, 1.807) is 0 Å².